The highest BCUT2D eigenvalue weighted by Crippen LogP contribution is 2.14. The highest BCUT2D eigenvalue weighted by molar-refractivity contribution is 5.80. The first kappa shape index (κ1) is 12.2. The molecule has 1 aliphatic rings. The fraction of sp³-hybridized carbons (Fsp3) is 0.429. The lowest BCUT2D eigenvalue weighted by atomic mass is 10.1. The summed E-state index contributed by atoms with van der Waals surface area (Å²) < 4.78 is 5.23. The number of amides is 1. The van der Waals surface area contributed by atoms with Crippen molar-refractivity contribution in [2.24, 2.45) is 5.92 Å². The third-order valence-corrected chi connectivity index (χ3v) is 3.51. The second-order valence-corrected chi connectivity index (χ2v) is 4.99. The molecule has 1 aromatic carbocycles. The zero-order valence-electron chi connectivity index (χ0n) is 10.7. The van der Waals surface area contributed by atoms with Crippen molar-refractivity contribution in [3.8, 4) is 0 Å². The van der Waals surface area contributed by atoms with Crippen LogP contribution in [-0.2, 0) is 11.2 Å². The summed E-state index contributed by atoms with van der Waals surface area (Å²) in [4.78, 5) is 15.9. The Labute approximate surface area is 111 Å². The molecule has 1 fully saturated rings. The molecular weight excluding hydrogens is 242 g/mol. The molecule has 0 bridgehead atoms. The topological polar surface area (TPSA) is 67.2 Å². The first-order valence-electron chi connectivity index (χ1n) is 6.61. The Balaban J connectivity index is 1.55. The lowest BCUT2D eigenvalue weighted by Gasteiger charge is -2.09. The van der Waals surface area contributed by atoms with Crippen LogP contribution >= 0.6 is 0 Å². The SMILES string of the molecule is O=C(Cc1ccc2ncoc2c1)NCC1CCNC1. The van der Waals surface area contributed by atoms with Crippen molar-refractivity contribution in [2.45, 2.75) is 12.8 Å². The summed E-state index contributed by atoms with van der Waals surface area (Å²) in [5, 5.41) is 6.28. The van der Waals surface area contributed by atoms with Crippen molar-refractivity contribution >= 4 is 17.0 Å². The van der Waals surface area contributed by atoms with Gasteiger partial charge in [-0.25, -0.2) is 4.98 Å². The monoisotopic (exact) mass is 259 g/mol. The van der Waals surface area contributed by atoms with Gasteiger partial charge in [-0.05, 0) is 43.1 Å². The van der Waals surface area contributed by atoms with E-state index in [0.29, 0.717) is 12.3 Å². The quantitative estimate of drug-likeness (QED) is 0.862. The Morgan fingerprint density at radius 2 is 2.47 bits per heavy atom. The molecule has 3 rings (SSSR count). The molecule has 1 unspecified atom stereocenters. The Kier molecular flexibility index (Phi) is 3.46. The van der Waals surface area contributed by atoms with Gasteiger partial charge in [-0.15, -0.1) is 0 Å². The first-order chi connectivity index (χ1) is 9.31. The van der Waals surface area contributed by atoms with Gasteiger partial charge in [-0.1, -0.05) is 6.07 Å². The van der Waals surface area contributed by atoms with E-state index in [4.69, 9.17) is 4.42 Å². The third-order valence-electron chi connectivity index (χ3n) is 3.51. The highest BCUT2D eigenvalue weighted by Gasteiger charge is 2.15. The number of oxazole rings is 1. The highest BCUT2D eigenvalue weighted by atomic mass is 16.3. The van der Waals surface area contributed by atoms with E-state index < -0.39 is 0 Å². The molecule has 1 atom stereocenters. The molecule has 5 nitrogen and oxygen atoms in total. The van der Waals surface area contributed by atoms with E-state index in [1.165, 1.54) is 6.39 Å². The summed E-state index contributed by atoms with van der Waals surface area (Å²) in [6.07, 6.45) is 2.95. The second kappa shape index (κ2) is 5.40. The van der Waals surface area contributed by atoms with E-state index in [9.17, 15) is 4.79 Å². The van der Waals surface area contributed by atoms with Gasteiger partial charge in [0.2, 0.25) is 5.91 Å². The van der Waals surface area contributed by atoms with Crippen molar-refractivity contribution in [3.63, 3.8) is 0 Å². The van der Waals surface area contributed by atoms with E-state index in [2.05, 4.69) is 15.6 Å². The minimum absolute atomic E-state index is 0.0609. The molecule has 2 aromatic rings. The number of aromatic nitrogens is 1. The zero-order valence-corrected chi connectivity index (χ0v) is 10.7. The molecule has 1 aromatic heterocycles. The molecule has 0 saturated carbocycles. The van der Waals surface area contributed by atoms with E-state index >= 15 is 0 Å². The number of fused-ring (bicyclic) bond motifs is 1. The molecule has 19 heavy (non-hydrogen) atoms. The van der Waals surface area contributed by atoms with Crippen LogP contribution in [0.3, 0.4) is 0 Å². The molecule has 0 aliphatic carbocycles. The molecule has 2 heterocycles. The van der Waals surface area contributed by atoms with Crippen molar-refractivity contribution in [3.05, 3.63) is 30.2 Å². The summed E-state index contributed by atoms with van der Waals surface area (Å²) in [6, 6.07) is 5.67. The lowest BCUT2D eigenvalue weighted by molar-refractivity contribution is -0.120. The molecule has 1 saturated heterocycles. The van der Waals surface area contributed by atoms with Crippen LogP contribution in [0.4, 0.5) is 0 Å². The van der Waals surface area contributed by atoms with Gasteiger partial charge in [0, 0.05) is 6.54 Å². The lowest BCUT2D eigenvalue weighted by Crippen LogP contribution is -2.31. The van der Waals surface area contributed by atoms with Gasteiger partial charge in [-0.2, -0.15) is 0 Å². The van der Waals surface area contributed by atoms with Crippen LogP contribution in [0.2, 0.25) is 0 Å². The van der Waals surface area contributed by atoms with Crippen molar-refractivity contribution in [1.29, 1.82) is 0 Å². The number of benzene rings is 1. The van der Waals surface area contributed by atoms with Gasteiger partial charge < -0.3 is 15.1 Å². The van der Waals surface area contributed by atoms with Gasteiger partial charge in [0.15, 0.2) is 12.0 Å². The van der Waals surface area contributed by atoms with Crippen molar-refractivity contribution < 1.29 is 9.21 Å². The van der Waals surface area contributed by atoms with Gasteiger partial charge >= 0.3 is 0 Å². The molecule has 5 heteroatoms. The molecular formula is C14H17N3O2. The van der Waals surface area contributed by atoms with Crippen LogP contribution in [0, 0.1) is 5.92 Å². The predicted octanol–water partition coefficient (Wildman–Crippen LogP) is 1.10. The fourth-order valence-corrected chi connectivity index (χ4v) is 2.40. The maximum atomic E-state index is 11.9. The van der Waals surface area contributed by atoms with E-state index in [0.717, 1.165) is 42.7 Å². The summed E-state index contributed by atoms with van der Waals surface area (Å²) >= 11 is 0. The van der Waals surface area contributed by atoms with Crippen LogP contribution in [-0.4, -0.2) is 30.5 Å². The normalized spacial score (nSPS) is 18.8. The first-order valence-corrected chi connectivity index (χ1v) is 6.61. The molecule has 1 amide bonds. The van der Waals surface area contributed by atoms with Gasteiger partial charge in [0.05, 0.1) is 6.42 Å². The zero-order chi connectivity index (χ0) is 13.1. The molecule has 2 N–H and O–H groups in total. The Hall–Kier alpha value is -1.88. The number of hydrogen-bond donors (Lipinski definition) is 2. The van der Waals surface area contributed by atoms with Crippen LogP contribution < -0.4 is 10.6 Å². The second-order valence-electron chi connectivity index (χ2n) is 4.99. The van der Waals surface area contributed by atoms with Crippen molar-refractivity contribution in [1.82, 2.24) is 15.6 Å². The number of hydrogen-bond acceptors (Lipinski definition) is 4. The minimum Gasteiger partial charge on any atom is -0.443 e. The van der Waals surface area contributed by atoms with E-state index in [-0.39, 0.29) is 5.91 Å². The van der Waals surface area contributed by atoms with Crippen molar-refractivity contribution in [2.75, 3.05) is 19.6 Å². The van der Waals surface area contributed by atoms with Gasteiger partial charge in [0.25, 0.3) is 0 Å². The van der Waals surface area contributed by atoms with E-state index in [1.54, 1.807) is 0 Å². The fourth-order valence-electron chi connectivity index (χ4n) is 2.40. The summed E-state index contributed by atoms with van der Waals surface area (Å²) in [5.41, 5.74) is 2.50. The summed E-state index contributed by atoms with van der Waals surface area (Å²) in [7, 11) is 0. The molecule has 0 radical (unpaired) electrons. The Bertz CT molecular complexity index is 573. The number of carbonyl (C=O) groups excluding carboxylic acids is 1. The molecule has 0 spiro atoms. The summed E-state index contributed by atoms with van der Waals surface area (Å²) in [5.74, 6) is 0.631. The van der Waals surface area contributed by atoms with Gasteiger partial charge in [-0.3, -0.25) is 4.79 Å². The van der Waals surface area contributed by atoms with Crippen LogP contribution in [0.15, 0.2) is 29.0 Å². The number of nitrogens with zero attached hydrogens (tertiary/aromatic N) is 1. The Morgan fingerprint density at radius 1 is 1.53 bits per heavy atom. The maximum Gasteiger partial charge on any atom is 0.224 e. The standard InChI is InChI=1S/C14H17N3O2/c18-14(16-8-11-3-4-15-7-11)6-10-1-2-12-13(5-10)19-9-17-12/h1-2,5,9,11,15H,3-4,6-8H2,(H,16,18). The Morgan fingerprint density at radius 3 is 3.32 bits per heavy atom. The van der Waals surface area contributed by atoms with Crippen LogP contribution in [0.5, 0.6) is 0 Å². The average molecular weight is 259 g/mol. The minimum atomic E-state index is 0.0609. The molecule has 100 valence electrons. The largest absolute Gasteiger partial charge is 0.443 e. The van der Waals surface area contributed by atoms with E-state index in [1.807, 2.05) is 18.2 Å². The molecule has 1 aliphatic heterocycles. The third kappa shape index (κ3) is 2.93. The van der Waals surface area contributed by atoms with Gasteiger partial charge in [0.1, 0.15) is 5.52 Å². The number of nitrogens with one attached hydrogen (secondary N) is 2. The van der Waals surface area contributed by atoms with Crippen LogP contribution in [0.1, 0.15) is 12.0 Å². The predicted molar refractivity (Wildman–Crippen MR) is 71.7 cm³/mol. The average Bonchev–Trinajstić information content (AvgIpc) is 3.07. The number of carbonyl (C=O) groups is 1. The smallest absolute Gasteiger partial charge is 0.224 e. The maximum absolute atomic E-state index is 11.9. The van der Waals surface area contributed by atoms with Crippen LogP contribution in [0.25, 0.3) is 11.1 Å². The number of rotatable bonds is 4. The summed E-state index contributed by atoms with van der Waals surface area (Å²) in [6.45, 7) is 2.82.